The van der Waals surface area contributed by atoms with Gasteiger partial charge in [0.05, 0.1) is 18.2 Å². The van der Waals surface area contributed by atoms with Gasteiger partial charge in [0.25, 0.3) is 5.91 Å². The molecule has 1 N–H and O–H groups in total. The van der Waals surface area contributed by atoms with Gasteiger partial charge in [-0.05, 0) is 47.6 Å². The number of likely N-dealkylation sites (N-methyl/N-ethyl adjacent to an activating group) is 1. The molecule has 1 atom stereocenters. The minimum atomic E-state index is -0.223. The molecule has 1 aromatic carbocycles. The van der Waals surface area contributed by atoms with Crippen LogP contribution in [0.2, 0.25) is 0 Å². The van der Waals surface area contributed by atoms with Gasteiger partial charge in [0, 0.05) is 23.8 Å². The molecule has 2 amide bonds. The van der Waals surface area contributed by atoms with E-state index in [2.05, 4.69) is 27.9 Å². The number of halogens is 1. The SMILES string of the molecule is CN(CC1CCCO1)C(=O)CNC(=O)c1ccccc1I. The fourth-order valence-corrected chi connectivity index (χ4v) is 2.86. The van der Waals surface area contributed by atoms with E-state index in [1.165, 1.54) is 0 Å². The van der Waals surface area contributed by atoms with Crippen molar-refractivity contribution in [2.45, 2.75) is 18.9 Å². The minimum absolute atomic E-state index is 0.00697. The number of rotatable bonds is 5. The van der Waals surface area contributed by atoms with E-state index in [0.29, 0.717) is 12.1 Å². The van der Waals surface area contributed by atoms with Crippen molar-refractivity contribution >= 4 is 34.4 Å². The smallest absolute Gasteiger partial charge is 0.252 e. The molecular weight excluding hydrogens is 383 g/mol. The van der Waals surface area contributed by atoms with Gasteiger partial charge in [0.2, 0.25) is 5.91 Å². The molecule has 0 radical (unpaired) electrons. The number of amides is 2. The standard InChI is InChI=1S/C15H19IN2O3/c1-18(10-11-5-4-8-21-11)14(19)9-17-15(20)12-6-2-3-7-13(12)16/h2-3,6-7,11H,4-5,8-10H2,1H3,(H,17,20). The maximum Gasteiger partial charge on any atom is 0.252 e. The minimum Gasteiger partial charge on any atom is -0.376 e. The summed E-state index contributed by atoms with van der Waals surface area (Å²) in [4.78, 5) is 25.6. The molecule has 21 heavy (non-hydrogen) atoms. The van der Waals surface area contributed by atoms with Crippen LogP contribution in [0.5, 0.6) is 0 Å². The van der Waals surface area contributed by atoms with Gasteiger partial charge in [0.1, 0.15) is 0 Å². The highest BCUT2D eigenvalue weighted by Crippen LogP contribution is 2.13. The second-order valence-electron chi connectivity index (χ2n) is 5.07. The number of benzene rings is 1. The molecule has 1 saturated heterocycles. The molecule has 1 heterocycles. The van der Waals surface area contributed by atoms with Crippen molar-refractivity contribution in [1.82, 2.24) is 10.2 Å². The van der Waals surface area contributed by atoms with Crippen LogP contribution in [-0.4, -0.2) is 49.6 Å². The van der Waals surface area contributed by atoms with E-state index in [1.807, 2.05) is 18.2 Å². The van der Waals surface area contributed by atoms with Crippen molar-refractivity contribution < 1.29 is 14.3 Å². The third-order valence-corrected chi connectivity index (χ3v) is 4.39. The Labute approximate surface area is 138 Å². The lowest BCUT2D eigenvalue weighted by molar-refractivity contribution is -0.130. The quantitative estimate of drug-likeness (QED) is 0.763. The van der Waals surface area contributed by atoms with Crippen molar-refractivity contribution in [2.24, 2.45) is 0 Å². The fraction of sp³-hybridized carbons (Fsp3) is 0.467. The highest BCUT2D eigenvalue weighted by atomic mass is 127. The molecule has 0 spiro atoms. The Balaban J connectivity index is 1.80. The Hall–Kier alpha value is -1.15. The number of hydrogen-bond acceptors (Lipinski definition) is 3. The van der Waals surface area contributed by atoms with Gasteiger partial charge < -0.3 is 15.0 Å². The van der Waals surface area contributed by atoms with E-state index in [9.17, 15) is 9.59 Å². The van der Waals surface area contributed by atoms with Gasteiger partial charge in [-0.2, -0.15) is 0 Å². The van der Waals surface area contributed by atoms with E-state index < -0.39 is 0 Å². The van der Waals surface area contributed by atoms with Crippen molar-refractivity contribution in [1.29, 1.82) is 0 Å². The number of hydrogen-bond donors (Lipinski definition) is 1. The normalized spacial score (nSPS) is 17.5. The first-order valence-electron chi connectivity index (χ1n) is 6.96. The fourth-order valence-electron chi connectivity index (χ4n) is 2.23. The molecule has 0 saturated carbocycles. The van der Waals surface area contributed by atoms with Crippen LogP contribution in [0.25, 0.3) is 0 Å². The van der Waals surface area contributed by atoms with Gasteiger partial charge in [-0.15, -0.1) is 0 Å². The Morgan fingerprint density at radius 3 is 2.86 bits per heavy atom. The predicted molar refractivity (Wildman–Crippen MR) is 88.1 cm³/mol. The molecule has 5 nitrogen and oxygen atoms in total. The third kappa shape index (κ3) is 4.67. The Bertz CT molecular complexity index is 515. The second kappa shape index (κ2) is 7.74. The van der Waals surface area contributed by atoms with Crippen molar-refractivity contribution in [3.63, 3.8) is 0 Å². The monoisotopic (exact) mass is 402 g/mol. The van der Waals surface area contributed by atoms with Crippen molar-refractivity contribution in [3.8, 4) is 0 Å². The molecule has 0 aliphatic carbocycles. The van der Waals surface area contributed by atoms with E-state index in [4.69, 9.17) is 4.74 Å². The van der Waals surface area contributed by atoms with E-state index >= 15 is 0 Å². The topological polar surface area (TPSA) is 58.6 Å². The summed E-state index contributed by atoms with van der Waals surface area (Å²) in [5.74, 6) is -0.330. The van der Waals surface area contributed by atoms with Gasteiger partial charge >= 0.3 is 0 Å². The number of nitrogens with zero attached hydrogens (tertiary/aromatic N) is 1. The number of nitrogens with one attached hydrogen (secondary N) is 1. The first-order valence-corrected chi connectivity index (χ1v) is 8.04. The highest BCUT2D eigenvalue weighted by Gasteiger charge is 2.20. The van der Waals surface area contributed by atoms with Crippen LogP contribution in [0.15, 0.2) is 24.3 Å². The molecule has 2 rings (SSSR count). The second-order valence-corrected chi connectivity index (χ2v) is 6.23. The van der Waals surface area contributed by atoms with Crippen LogP contribution >= 0.6 is 22.6 Å². The number of carbonyl (C=O) groups is 2. The lowest BCUT2D eigenvalue weighted by Gasteiger charge is -2.21. The van der Waals surface area contributed by atoms with Gasteiger partial charge in [-0.25, -0.2) is 0 Å². The zero-order valence-electron chi connectivity index (χ0n) is 12.0. The molecule has 1 fully saturated rings. The molecule has 0 aromatic heterocycles. The van der Waals surface area contributed by atoms with Crippen LogP contribution in [0.3, 0.4) is 0 Å². The summed E-state index contributed by atoms with van der Waals surface area (Å²) in [7, 11) is 1.74. The lowest BCUT2D eigenvalue weighted by Crippen LogP contribution is -2.41. The summed E-state index contributed by atoms with van der Waals surface area (Å²) in [5, 5.41) is 2.67. The van der Waals surface area contributed by atoms with Crippen LogP contribution in [0.1, 0.15) is 23.2 Å². The summed E-state index contributed by atoms with van der Waals surface area (Å²) in [6.07, 6.45) is 2.17. The molecular formula is C15H19IN2O3. The zero-order chi connectivity index (χ0) is 15.2. The average molecular weight is 402 g/mol. The van der Waals surface area contributed by atoms with E-state index in [0.717, 1.165) is 23.0 Å². The van der Waals surface area contributed by atoms with E-state index in [-0.39, 0.29) is 24.5 Å². The molecule has 6 heteroatoms. The number of carbonyl (C=O) groups excluding carboxylic acids is 2. The third-order valence-electron chi connectivity index (χ3n) is 3.45. The Morgan fingerprint density at radius 2 is 2.19 bits per heavy atom. The molecule has 1 aliphatic rings. The predicted octanol–water partition coefficient (Wildman–Crippen LogP) is 1.66. The van der Waals surface area contributed by atoms with Crippen LogP contribution in [-0.2, 0) is 9.53 Å². The van der Waals surface area contributed by atoms with Crippen LogP contribution in [0.4, 0.5) is 0 Å². The van der Waals surface area contributed by atoms with Crippen LogP contribution in [0, 0.1) is 3.57 Å². The summed E-state index contributed by atoms with van der Waals surface area (Å²) in [6.45, 7) is 1.36. The lowest BCUT2D eigenvalue weighted by atomic mass is 10.2. The van der Waals surface area contributed by atoms with Crippen molar-refractivity contribution in [2.75, 3.05) is 26.7 Å². The maximum atomic E-state index is 12.0. The molecule has 1 aromatic rings. The van der Waals surface area contributed by atoms with Gasteiger partial charge in [-0.3, -0.25) is 9.59 Å². The molecule has 1 aliphatic heterocycles. The Kier molecular flexibility index (Phi) is 5.98. The zero-order valence-corrected chi connectivity index (χ0v) is 14.1. The van der Waals surface area contributed by atoms with Crippen molar-refractivity contribution in [3.05, 3.63) is 33.4 Å². The number of ether oxygens (including phenoxy) is 1. The maximum absolute atomic E-state index is 12.0. The van der Waals surface area contributed by atoms with Crippen LogP contribution < -0.4 is 5.32 Å². The van der Waals surface area contributed by atoms with E-state index in [1.54, 1.807) is 18.0 Å². The summed E-state index contributed by atoms with van der Waals surface area (Å²) in [5.41, 5.74) is 0.590. The molecule has 114 valence electrons. The largest absolute Gasteiger partial charge is 0.376 e. The summed E-state index contributed by atoms with van der Waals surface area (Å²) in [6, 6.07) is 7.29. The summed E-state index contributed by atoms with van der Waals surface area (Å²) >= 11 is 2.11. The van der Waals surface area contributed by atoms with Gasteiger partial charge in [0.15, 0.2) is 0 Å². The molecule has 1 unspecified atom stereocenters. The first kappa shape index (κ1) is 16.2. The Morgan fingerprint density at radius 1 is 1.43 bits per heavy atom. The average Bonchev–Trinajstić information content (AvgIpc) is 2.97. The molecule has 0 bridgehead atoms. The highest BCUT2D eigenvalue weighted by molar-refractivity contribution is 14.1. The summed E-state index contributed by atoms with van der Waals surface area (Å²) < 4.78 is 6.37. The van der Waals surface area contributed by atoms with Gasteiger partial charge in [-0.1, -0.05) is 12.1 Å². The first-order chi connectivity index (χ1) is 10.1.